The van der Waals surface area contributed by atoms with Gasteiger partial charge in [-0.05, 0) is 12.8 Å². The summed E-state index contributed by atoms with van der Waals surface area (Å²) in [5.74, 6) is 0. The molecule has 1 aliphatic heterocycles. The second-order valence-corrected chi connectivity index (χ2v) is 3.80. The number of nitrogens with one attached hydrogen (secondary N) is 2. The molecule has 2 N–H and O–H groups in total. The van der Waals surface area contributed by atoms with E-state index in [1.165, 1.54) is 0 Å². The number of aromatic amines is 1. The van der Waals surface area contributed by atoms with E-state index in [2.05, 4.69) is 10.3 Å². The molecule has 1 unspecified atom stereocenters. The highest BCUT2D eigenvalue weighted by Gasteiger charge is 2.14. The third kappa shape index (κ3) is 2.91. The highest BCUT2D eigenvalue weighted by Crippen LogP contribution is 2.10. The fourth-order valence-corrected chi connectivity index (χ4v) is 1.76. The van der Waals surface area contributed by atoms with E-state index in [1.807, 2.05) is 0 Å². The average molecular weight is 208 g/mol. The van der Waals surface area contributed by atoms with E-state index < -0.39 is 0 Å². The maximum absolute atomic E-state index is 11.4. The van der Waals surface area contributed by atoms with Crippen LogP contribution in [0.5, 0.6) is 0 Å². The molecule has 2 rings (SSSR count). The maximum Gasteiger partial charge on any atom is 0.186 e. The molecule has 0 spiro atoms. The molecule has 2 heterocycles. The van der Waals surface area contributed by atoms with Crippen molar-refractivity contribution in [3.63, 3.8) is 0 Å². The first-order valence-electron chi connectivity index (χ1n) is 5.34. The van der Waals surface area contributed by atoms with E-state index in [0.717, 1.165) is 31.6 Å². The number of pyridine rings is 1. The molecule has 1 atom stereocenters. The molecule has 1 aromatic rings. The summed E-state index contributed by atoms with van der Waals surface area (Å²) in [5.41, 5.74) is 0.851. The topological polar surface area (TPSA) is 54.1 Å². The van der Waals surface area contributed by atoms with Gasteiger partial charge >= 0.3 is 0 Å². The van der Waals surface area contributed by atoms with Crippen molar-refractivity contribution in [2.75, 3.05) is 13.2 Å². The lowest BCUT2D eigenvalue weighted by Gasteiger charge is -2.09. The van der Waals surface area contributed by atoms with Crippen LogP contribution in [0.3, 0.4) is 0 Å². The van der Waals surface area contributed by atoms with E-state index in [1.54, 1.807) is 18.5 Å². The minimum Gasteiger partial charge on any atom is -0.377 e. The van der Waals surface area contributed by atoms with Crippen LogP contribution in [0.1, 0.15) is 18.4 Å². The van der Waals surface area contributed by atoms with Crippen molar-refractivity contribution in [2.45, 2.75) is 25.5 Å². The highest BCUT2D eigenvalue weighted by molar-refractivity contribution is 5.08. The van der Waals surface area contributed by atoms with Crippen LogP contribution < -0.4 is 10.7 Å². The van der Waals surface area contributed by atoms with Crippen molar-refractivity contribution in [3.8, 4) is 0 Å². The lowest BCUT2D eigenvalue weighted by molar-refractivity contribution is 0.110. The third-order valence-corrected chi connectivity index (χ3v) is 2.62. The minimum atomic E-state index is 0.0774. The van der Waals surface area contributed by atoms with Crippen LogP contribution in [-0.4, -0.2) is 24.2 Å². The number of ether oxygens (including phenoxy) is 1. The number of H-pyrrole nitrogens is 1. The predicted octanol–water partition coefficient (Wildman–Crippen LogP) is 0.643. The summed E-state index contributed by atoms with van der Waals surface area (Å²) in [5, 5.41) is 3.24. The molecule has 0 saturated carbocycles. The lowest BCUT2D eigenvalue weighted by atomic mass is 10.2. The Morgan fingerprint density at radius 3 is 3.27 bits per heavy atom. The summed E-state index contributed by atoms with van der Waals surface area (Å²) in [4.78, 5) is 14.3. The second kappa shape index (κ2) is 5.09. The summed E-state index contributed by atoms with van der Waals surface area (Å²) in [6.07, 6.45) is 5.99. The molecule has 15 heavy (non-hydrogen) atoms. The zero-order chi connectivity index (χ0) is 10.5. The van der Waals surface area contributed by atoms with Crippen LogP contribution in [0.2, 0.25) is 0 Å². The van der Waals surface area contributed by atoms with Gasteiger partial charge in [-0.3, -0.25) is 4.79 Å². The molecule has 0 amide bonds. The molecule has 0 aliphatic carbocycles. The molecule has 1 fully saturated rings. The molecule has 1 aromatic heterocycles. The molecule has 1 aliphatic rings. The molecule has 82 valence electrons. The van der Waals surface area contributed by atoms with Crippen molar-refractivity contribution in [1.82, 2.24) is 10.3 Å². The van der Waals surface area contributed by atoms with Crippen molar-refractivity contribution in [1.29, 1.82) is 0 Å². The van der Waals surface area contributed by atoms with E-state index in [0.29, 0.717) is 12.6 Å². The number of hydrogen-bond acceptors (Lipinski definition) is 3. The van der Waals surface area contributed by atoms with Gasteiger partial charge in [-0.15, -0.1) is 0 Å². The Morgan fingerprint density at radius 1 is 1.60 bits per heavy atom. The molecular formula is C11H16N2O2. The minimum absolute atomic E-state index is 0.0774. The third-order valence-electron chi connectivity index (χ3n) is 2.62. The van der Waals surface area contributed by atoms with Crippen LogP contribution >= 0.6 is 0 Å². The van der Waals surface area contributed by atoms with Crippen LogP contribution in [0, 0.1) is 0 Å². The second-order valence-electron chi connectivity index (χ2n) is 3.80. The molecule has 4 heteroatoms. The van der Waals surface area contributed by atoms with Crippen molar-refractivity contribution in [3.05, 3.63) is 34.2 Å². The summed E-state index contributed by atoms with van der Waals surface area (Å²) in [7, 11) is 0. The number of aromatic nitrogens is 1. The standard InChI is InChI=1S/C11H16N2O2/c14-11-3-4-12-6-9(11)7-13-8-10-2-1-5-15-10/h3-4,6,10,13H,1-2,5,7-8H2,(H,12,14). The van der Waals surface area contributed by atoms with Gasteiger partial charge in [-0.25, -0.2) is 0 Å². The zero-order valence-electron chi connectivity index (χ0n) is 8.66. The molecule has 4 nitrogen and oxygen atoms in total. The van der Waals surface area contributed by atoms with Crippen molar-refractivity contribution < 1.29 is 4.74 Å². The Morgan fingerprint density at radius 2 is 2.53 bits per heavy atom. The molecule has 0 aromatic carbocycles. The van der Waals surface area contributed by atoms with Crippen LogP contribution in [0.4, 0.5) is 0 Å². The van der Waals surface area contributed by atoms with E-state index in [9.17, 15) is 4.79 Å². The van der Waals surface area contributed by atoms with Gasteiger partial charge in [0.1, 0.15) is 0 Å². The van der Waals surface area contributed by atoms with Crippen LogP contribution in [0.25, 0.3) is 0 Å². The van der Waals surface area contributed by atoms with Gasteiger partial charge in [0, 0.05) is 43.7 Å². The fourth-order valence-electron chi connectivity index (χ4n) is 1.76. The highest BCUT2D eigenvalue weighted by atomic mass is 16.5. The molecular weight excluding hydrogens is 192 g/mol. The molecule has 1 saturated heterocycles. The Kier molecular flexibility index (Phi) is 3.53. The Labute approximate surface area is 88.7 Å². The van der Waals surface area contributed by atoms with Crippen LogP contribution in [0.15, 0.2) is 23.3 Å². The first-order valence-corrected chi connectivity index (χ1v) is 5.34. The average Bonchev–Trinajstić information content (AvgIpc) is 2.74. The smallest absolute Gasteiger partial charge is 0.186 e. The van der Waals surface area contributed by atoms with E-state index in [-0.39, 0.29) is 5.43 Å². The van der Waals surface area contributed by atoms with Crippen LogP contribution in [-0.2, 0) is 11.3 Å². The normalized spacial score (nSPS) is 20.7. The predicted molar refractivity (Wildman–Crippen MR) is 57.7 cm³/mol. The Balaban J connectivity index is 1.78. The first kappa shape index (κ1) is 10.4. The summed E-state index contributed by atoms with van der Waals surface area (Å²) in [6, 6.07) is 1.54. The van der Waals surface area contributed by atoms with E-state index >= 15 is 0 Å². The summed E-state index contributed by atoms with van der Waals surface area (Å²) >= 11 is 0. The van der Waals surface area contributed by atoms with Gasteiger partial charge in [-0.2, -0.15) is 0 Å². The van der Waals surface area contributed by atoms with E-state index in [4.69, 9.17) is 4.74 Å². The lowest BCUT2D eigenvalue weighted by Crippen LogP contribution is -2.27. The molecule has 0 bridgehead atoms. The van der Waals surface area contributed by atoms with Crippen molar-refractivity contribution >= 4 is 0 Å². The van der Waals surface area contributed by atoms with Crippen molar-refractivity contribution in [2.24, 2.45) is 0 Å². The number of rotatable bonds is 4. The monoisotopic (exact) mass is 208 g/mol. The maximum atomic E-state index is 11.4. The van der Waals surface area contributed by atoms with Gasteiger partial charge < -0.3 is 15.0 Å². The summed E-state index contributed by atoms with van der Waals surface area (Å²) < 4.78 is 5.47. The van der Waals surface area contributed by atoms with Gasteiger partial charge in [0.2, 0.25) is 0 Å². The fraction of sp³-hybridized carbons (Fsp3) is 0.545. The van der Waals surface area contributed by atoms with Gasteiger partial charge in [0.15, 0.2) is 5.43 Å². The Bertz CT molecular complexity index is 356. The van der Waals surface area contributed by atoms with Gasteiger partial charge in [0.05, 0.1) is 6.10 Å². The zero-order valence-corrected chi connectivity index (χ0v) is 8.66. The molecule has 0 radical (unpaired) electrons. The first-order chi connectivity index (χ1) is 7.36. The quantitative estimate of drug-likeness (QED) is 0.763. The SMILES string of the molecule is O=c1cc[nH]cc1CNCC1CCCO1. The largest absolute Gasteiger partial charge is 0.377 e. The number of hydrogen-bond donors (Lipinski definition) is 2. The van der Waals surface area contributed by atoms with Gasteiger partial charge in [-0.1, -0.05) is 0 Å². The Hall–Kier alpha value is -1.13. The summed E-state index contributed by atoms with van der Waals surface area (Å²) in [6.45, 7) is 2.31. The van der Waals surface area contributed by atoms with Gasteiger partial charge in [0.25, 0.3) is 0 Å².